The highest BCUT2D eigenvalue weighted by Crippen LogP contribution is 2.64. The third kappa shape index (κ3) is 3.54. The van der Waals surface area contributed by atoms with Gasteiger partial charge in [-0.3, -0.25) is 19.7 Å². The van der Waals surface area contributed by atoms with Crippen LogP contribution >= 0.6 is 23.2 Å². The van der Waals surface area contributed by atoms with E-state index in [1.54, 1.807) is 0 Å². The number of carbonyl (C=O) groups is 2. The van der Waals surface area contributed by atoms with Crippen LogP contribution in [0.4, 0.5) is 11.4 Å². The van der Waals surface area contributed by atoms with E-state index in [2.05, 4.69) is 5.32 Å². The van der Waals surface area contributed by atoms with Crippen LogP contribution in [0.25, 0.3) is 0 Å². The summed E-state index contributed by atoms with van der Waals surface area (Å²) in [6.07, 6.45) is 0.238. The molecule has 1 fully saturated rings. The number of amides is 1. The number of benzene rings is 1. The zero-order valence-electron chi connectivity index (χ0n) is 12.8. The minimum atomic E-state index is -1.19. The van der Waals surface area contributed by atoms with Gasteiger partial charge in [0.15, 0.2) is 6.61 Å². The lowest BCUT2D eigenvalue weighted by Crippen LogP contribution is -2.27. The van der Waals surface area contributed by atoms with Crippen LogP contribution in [0, 0.1) is 15.5 Å². The van der Waals surface area contributed by atoms with Gasteiger partial charge in [-0.2, -0.15) is 0 Å². The fourth-order valence-electron chi connectivity index (χ4n) is 2.01. The molecule has 1 saturated carbocycles. The summed E-state index contributed by atoms with van der Waals surface area (Å²) in [7, 11) is 1.35. The number of nitrogens with zero attached hydrogens (tertiary/aromatic N) is 1. The fourth-order valence-corrected chi connectivity index (χ4v) is 2.69. The third-order valence-corrected chi connectivity index (χ3v) is 4.81. The lowest BCUT2D eigenvalue weighted by atomic mass is 10.1. The van der Waals surface area contributed by atoms with Crippen molar-refractivity contribution >= 4 is 46.5 Å². The SMILES string of the molecule is COc1ccc([N+](=O)[O-])cc1NC(=O)COC(=O)[C@]1(C)CC1(Cl)Cl. The van der Waals surface area contributed by atoms with Crippen LogP contribution in [0.3, 0.4) is 0 Å². The van der Waals surface area contributed by atoms with E-state index < -0.39 is 33.2 Å². The highest BCUT2D eigenvalue weighted by molar-refractivity contribution is 6.53. The van der Waals surface area contributed by atoms with Crippen LogP contribution < -0.4 is 10.1 Å². The summed E-state index contributed by atoms with van der Waals surface area (Å²) in [5.74, 6) is -1.13. The number of nitro groups is 1. The minimum Gasteiger partial charge on any atom is -0.495 e. The van der Waals surface area contributed by atoms with E-state index in [0.717, 1.165) is 6.07 Å². The Hall–Kier alpha value is -2.06. The molecule has 2 rings (SSSR count). The van der Waals surface area contributed by atoms with Crippen LogP contribution in [0.1, 0.15) is 13.3 Å². The van der Waals surface area contributed by atoms with Crippen molar-refractivity contribution < 1.29 is 24.0 Å². The Bertz CT molecular complexity index is 709. The van der Waals surface area contributed by atoms with Gasteiger partial charge in [-0.05, 0) is 13.0 Å². The van der Waals surface area contributed by atoms with E-state index >= 15 is 0 Å². The van der Waals surface area contributed by atoms with Gasteiger partial charge in [0.2, 0.25) is 0 Å². The first-order chi connectivity index (χ1) is 11.1. The Morgan fingerprint density at radius 3 is 2.54 bits per heavy atom. The van der Waals surface area contributed by atoms with E-state index in [1.165, 1.54) is 26.2 Å². The first kappa shape index (κ1) is 18.3. The molecule has 0 unspecified atom stereocenters. The van der Waals surface area contributed by atoms with Crippen molar-refractivity contribution in [1.29, 1.82) is 0 Å². The molecule has 1 aromatic carbocycles. The molecule has 0 aromatic heterocycles. The van der Waals surface area contributed by atoms with E-state index in [4.69, 9.17) is 32.7 Å². The van der Waals surface area contributed by atoms with Gasteiger partial charge in [-0.1, -0.05) is 0 Å². The lowest BCUT2D eigenvalue weighted by molar-refractivity contribution is -0.384. The number of esters is 1. The van der Waals surface area contributed by atoms with Gasteiger partial charge in [-0.15, -0.1) is 23.2 Å². The smallest absolute Gasteiger partial charge is 0.315 e. The molecule has 0 radical (unpaired) electrons. The quantitative estimate of drug-likeness (QED) is 0.353. The molecule has 1 N–H and O–H groups in total. The number of alkyl halides is 2. The minimum absolute atomic E-state index is 0.0921. The number of anilines is 1. The largest absolute Gasteiger partial charge is 0.495 e. The summed E-state index contributed by atoms with van der Waals surface area (Å²) >= 11 is 11.7. The Labute approximate surface area is 147 Å². The summed E-state index contributed by atoms with van der Waals surface area (Å²) in [5, 5.41) is 13.2. The Kier molecular flexibility index (Phi) is 4.91. The van der Waals surface area contributed by atoms with Crippen molar-refractivity contribution in [1.82, 2.24) is 0 Å². The number of nitrogens with one attached hydrogen (secondary N) is 1. The summed E-state index contributed by atoms with van der Waals surface area (Å²) in [4.78, 5) is 34.0. The van der Waals surface area contributed by atoms with Gasteiger partial charge >= 0.3 is 5.97 Å². The van der Waals surface area contributed by atoms with Gasteiger partial charge in [0.25, 0.3) is 11.6 Å². The summed E-state index contributed by atoms with van der Waals surface area (Å²) < 4.78 is 8.72. The molecular formula is C14H14Cl2N2O6. The van der Waals surface area contributed by atoms with E-state index in [-0.39, 0.29) is 23.5 Å². The van der Waals surface area contributed by atoms with Gasteiger partial charge in [0.1, 0.15) is 15.5 Å². The maximum absolute atomic E-state index is 11.9. The van der Waals surface area contributed by atoms with Crippen molar-refractivity contribution in [3.63, 3.8) is 0 Å². The van der Waals surface area contributed by atoms with E-state index in [9.17, 15) is 19.7 Å². The number of nitro benzene ring substituents is 1. The van der Waals surface area contributed by atoms with Crippen molar-refractivity contribution in [2.24, 2.45) is 5.41 Å². The van der Waals surface area contributed by atoms with Crippen LogP contribution in [0.5, 0.6) is 5.75 Å². The van der Waals surface area contributed by atoms with E-state index in [0.29, 0.717) is 0 Å². The lowest BCUT2D eigenvalue weighted by Gasteiger charge is -2.13. The van der Waals surface area contributed by atoms with E-state index in [1.807, 2.05) is 0 Å². The first-order valence-corrected chi connectivity index (χ1v) is 7.53. The van der Waals surface area contributed by atoms with Gasteiger partial charge in [0, 0.05) is 18.6 Å². The average molecular weight is 377 g/mol. The molecule has 24 heavy (non-hydrogen) atoms. The summed E-state index contributed by atoms with van der Waals surface area (Å²) in [6, 6.07) is 3.73. The standard InChI is InChI=1S/C14H14Cl2N2O6/c1-13(7-14(13,15)16)12(20)24-6-11(19)17-9-5-8(18(21)22)3-4-10(9)23-2/h3-5H,6-7H2,1-2H3,(H,17,19)/t13-/m0/s1. The Balaban J connectivity index is 1.99. The maximum atomic E-state index is 11.9. The van der Waals surface area contributed by atoms with Crippen molar-refractivity contribution in [2.45, 2.75) is 17.7 Å². The predicted octanol–water partition coefficient (Wildman–Crippen LogP) is 2.67. The molecule has 1 aromatic rings. The molecule has 1 aliphatic rings. The number of hydrogen-bond donors (Lipinski definition) is 1. The molecule has 0 aliphatic heterocycles. The molecule has 0 bridgehead atoms. The second-order valence-corrected chi connectivity index (χ2v) is 6.96. The molecule has 0 spiro atoms. The average Bonchev–Trinajstić information content (AvgIpc) is 3.04. The topological polar surface area (TPSA) is 108 Å². The van der Waals surface area contributed by atoms with Crippen LogP contribution in [0.15, 0.2) is 18.2 Å². The van der Waals surface area contributed by atoms with Crippen molar-refractivity contribution in [3.05, 3.63) is 28.3 Å². The molecule has 1 amide bonds. The van der Waals surface area contributed by atoms with Crippen molar-refractivity contribution in [3.8, 4) is 5.75 Å². The first-order valence-electron chi connectivity index (χ1n) is 6.78. The number of hydrogen-bond acceptors (Lipinski definition) is 6. The van der Waals surface area contributed by atoms with Crippen LogP contribution in [0.2, 0.25) is 0 Å². The highest BCUT2D eigenvalue weighted by atomic mass is 35.5. The van der Waals surface area contributed by atoms with Crippen LogP contribution in [-0.4, -0.2) is 34.8 Å². The molecule has 10 heteroatoms. The monoisotopic (exact) mass is 376 g/mol. The maximum Gasteiger partial charge on any atom is 0.315 e. The number of ether oxygens (including phenoxy) is 2. The van der Waals surface area contributed by atoms with Gasteiger partial charge in [-0.25, -0.2) is 0 Å². The van der Waals surface area contributed by atoms with Crippen molar-refractivity contribution in [2.75, 3.05) is 19.0 Å². The summed E-state index contributed by atoms with van der Waals surface area (Å²) in [6.45, 7) is 0.959. The molecule has 130 valence electrons. The third-order valence-electron chi connectivity index (χ3n) is 3.71. The fraction of sp³-hybridized carbons (Fsp3) is 0.429. The zero-order chi connectivity index (χ0) is 18.1. The number of halogens is 2. The zero-order valence-corrected chi connectivity index (χ0v) is 14.3. The number of non-ortho nitro benzene ring substituents is 1. The van der Waals surface area contributed by atoms with Gasteiger partial charge < -0.3 is 14.8 Å². The Morgan fingerprint density at radius 1 is 1.42 bits per heavy atom. The molecule has 0 heterocycles. The molecule has 8 nitrogen and oxygen atoms in total. The second kappa shape index (κ2) is 6.45. The number of carbonyl (C=O) groups excluding carboxylic acids is 2. The molecule has 1 atom stereocenters. The Morgan fingerprint density at radius 2 is 2.04 bits per heavy atom. The number of methoxy groups -OCH3 is 1. The number of rotatable bonds is 6. The summed E-state index contributed by atoms with van der Waals surface area (Å²) in [5.41, 5.74) is -1.17. The highest BCUT2D eigenvalue weighted by Gasteiger charge is 2.69. The van der Waals surface area contributed by atoms with Crippen LogP contribution in [-0.2, 0) is 14.3 Å². The molecule has 1 aliphatic carbocycles. The van der Waals surface area contributed by atoms with Gasteiger partial charge in [0.05, 0.1) is 17.7 Å². The predicted molar refractivity (Wildman–Crippen MR) is 86.4 cm³/mol. The molecular weight excluding hydrogens is 363 g/mol. The molecule has 0 saturated heterocycles. The second-order valence-electron chi connectivity index (χ2n) is 5.48. The normalized spacial score (nSPS) is 20.8.